The second-order valence-electron chi connectivity index (χ2n) is 3.99. The zero-order valence-corrected chi connectivity index (χ0v) is 9.49. The highest BCUT2D eigenvalue weighted by Gasteiger charge is 2.35. The Hall–Kier alpha value is -1.85. The first-order chi connectivity index (χ1) is 8.49. The normalized spacial score (nSPS) is 15.0. The number of benzene rings is 1. The number of hydrogen-bond acceptors (Lipinski definition) is 3. The second-order valence-corrected chi connectivity index (χ2v) is 3.99. The number of carboxylic acids is 1. The number of aliphatic carboxylic acids is 1. The van der Waals surface area contributed by atoms with Crippen LogP contribution in [0.4, 0.5) is 8.78 Å². The molecule has 0 amide bonds. The Balaban J connectivity index is 2.30. The lowest BCUT2D eigenvalue weighted by molar-refractivity contribution is -0.145. The molecule has 0 aliphatic carbocycles. The van der Waals surface area contributed by atoms with Gasteiger partial charge < -0.3 is 14.6 Å². The van der Waals surface area contributed by atoms with Crippen molar-refractivity contribution in [3.63, 3.8) is 0 Å². The fourth-order valence-corrected chi connectivity index (χ4v) is 1.68. The summed E-state index contributed by atoms with van der Waals surface area (Å²) in [6, 6.07) is 3.69. The number of carbonyl (C=O) groups is 1. The van der Waals surface area contributed by atoms with E-state index < -0.39 is 18.3 Å². The predicted octanol–water partition coefficient (Wildman–Crippen LogP) is 2.41. The van der Waals surface area contributed by atoms with Crippen LogP contribution in [0.3, 0.4) is 0 Å². The lowest BCUT2D eigenvalue weighted by Crippen LogP contribution is -2.18. The van der Waals surface area contributed by atoms with Crippen molar-refractivity contribution in [3.05, 3.63) is 23.8 Å². The van der Waals surface area contributed by atoms with Gasteiger partial charge in [-0.1, -0.05) is 0 Å². The Kier molecular flexibility index (Phi) is 3.36. The Morgan fingerprint density at radius 3 is 2.61 bits per heavy atom. The molecule has 1 aromatic rings. The van der Waals surface area contributed by atoms with Gasteiger partial charge in [0.05, 0.1) is 13.2 Å². The van der Waals surface area contributed by atoms with Crippen LogP contribution in [0.2, 0.25) is 0 Å². The minimum Gasteiger partial charge on any atom is -0.490 e. The molecule has 0 atom stereocenters. The van der Waals surface area contributed by atoms with Gasteiger partial charge in [-0.25, -0.2) is 8.78 Å². The summed E-state index contributed by atoms with van der Waals surface area (Å²) in [5.74, 6) is -4.33. The number of fused-ring (bicyclic) bond motifs is 1. The van der Waals surface area contributed by atoms with Crippen LogP contribution in [0.5, 0.6) is 11.5 Å². The van der Waals surface area contributed by atoms with Crippen molar-refractivity contribution < 1.29 is 28.2 Å². The average Bonchev–Trinajstić information content (AvgIpc) is 2.51. The van der Waals surface area contributed by atoms with Crippen molar-refractivity contribution in [2.75, 3.05) is 13.2 Å². The number of alkyl halides is 2. The average molecular weight is 258 g/mol. The highest BCUT2D eigenvalue weighted by atomic mass is 19.3. The van der Waals surface area contributed by atoms with E-state index in [0.29, 0.717) is 25.4 Å². The van der Waals surface area contributed by atoms with Crippen LogP contribution in [0.25, 0.3) is 0 Å². The Labute approximate surface area is 102 Å². The SMILES string of the molecule is O=C(O)CC(F)(F)c1ccc2c(c1)OCCCO2. The van der Waals surface area contributed by atoms with Crippen LogP contribution in [0.1, 0.15) is 18.4 Å². The Bertz CT molecular complexity index is 459. The fraction of sp³-hybridized carbons (Fsp3) is 0.417. The summed E-state index contributed by atoms with van der Waals surface area (Å²) in [7, 11) is 0. The van der Waals surface area contributed by atoms with Crippen LogP contribution < -0.4 is 9.47 Å². The molecular formula is C12H12F2O4. The van der Waals surface area contributed by atoms with Crippen LogP contribution in [0, 0.1) is 0 Å². The highest BCUT2D eigenvalue weighted by molar-refractivity contribution is 5.68. The van der Waals surface area contributed by atoms with Crippen molar-refractivity contribution in [3.8, 4) is 11.5 Å². The standard InChI is InChI=1S/C12H12F2O4/c13-12(14,7-11(15)16)8-2-3-9-10(6-8)18-5-1-4-17-9/h2-3,6H,1,4-5,7H2,(H,15,16). The van der Waals surface area contributed by atoms with E-state index in [9.17, 15) is 13.6 Å². The van der Waals surface area contributed by atoms with Crippen LogP contribution in [0.15, 0.2) is 18.2 Å². The minimum absolute atomic E-state index is 0.232. The smallest absolute Gasteiger partial charge is 0.309 e. The molecule has 98 valence electrons. The van der Waals surface area contributed by atoms with E-state index in [-0.39, 0.29) is 11.3 Å². The van der Waals surface area contributed by atoms with Crippen molar-refractivity contribution in [1.82, 2.24) is 0 Å². The molecule has 0 saturated heterocycles. The third kappa shape index (κ3) is 2.69. The molecule has 1 heterocycles. The number of rotatable bonds is 3. The Morgan fingerprint density at radius 1 is 1.28 bits per heavy atom. The van der Waals surface area contributed by atoms with E-state index in [1.807, 2.05) is 0 Å². The van der Waals surface area contributed by atoms with Gasteiger partial charge in [0, 0.05) is 12.0 Å². The van der Waals surface area contributed by atoms with Gasteiger partial charge >= 0.3 is 5.97 Å². The van der Waals surface area contributed by atoms with E-state index >= 15 is 0 Å². The van der Waals surface area contributed by atoms with Gasteiger partial charge in [-0.05, 0) is 18.2 Å². The third-order valence-corrected chi connectivity index (χ3v) is 2.54. The molecule has 4 nitrogen and oxygen atoms in total. The number of ether oxygens (including phenoxy) is 2. The van der Waals surface area contributed by atoms with Crippen LogP contribution in [-0.2, 0) is 10.7 Å². The van der Waals surface area contributed by atoms with Gasteiger partial charge in [-0.3, -0.25) is 4.79 Å². The topological polar surface area (TPSA) is 55.8 Å². The maximum atomic E-state index is 13.6. The maximum absolute atomic E-state index is 13.6. The number of hydrogen-bond donors (Lipinski definition) is 1. The molecule has 1 aromatic carbocycles. The van der Waals surface area contributed by atoms with E-state index in [1.165, 1.54) is 6.07 Å². The van der Waals surface area contributed by atoms with Gasteiger partial charge in [-0.2, -0.15) is 0 Å². The second kappa shape index (κ2) is 4.80. The van der Waals surface area contributed by atoms with E-state index in [2.05, 4.69) is 0 Å². The summed E-state index contributed by atoms with van der Waals surface area (Å²) in [5.41, 5.74) is -0.380. The molecule has 2 rings (SSSR count). The summed E-state index contributed by atoms with van der Waals surface area (Å²) >= 11 is 0. The van der Waals surface area contributed by atoms with E-state index in [4.69, 9.17) is 14.6 Å². The molecule has 1 aliphatic heterocycles. The molecule has 0 bridgehead atoms. The summed E-state index contributed by atoms with van der Waals surface area (Å²) in [5, 5.41) is 8.46. The molecule has 0 aromatic heterocycles. The minimum atomic E-state index is -3.42. The van der Waals surface area contributed by atoms with Gasteiger partial charge in [0.2, 0.25) is 0 Å². The molecule has 0 unspecified atom stereocenters. The molecule has 0 radical (unpaired) electrons. The van der Waals surface area contributed by atoms with Gasteiger partial charge in [0.1, 0.15) is 6.42 Å². The summed E-state index contributed by atoms with van der Waals surface area (Å²) in [4.78, 5) is 10.4. The largest absolute Gasteiger partial charge is 0.490 e. The Morgan fingerprint density at radius 2 is 1.94 bits per heavy atom. The lowest BCUT2D eigenvalue weighted by atomic mass is 10.0. The van der Waals surface area contributed by atoms with Crippen LogP contribution >= 0.6 is 0 Å². The number of halogens is 2. The monoisotopic (exact) mass is 258 g/mol. The maximum Gasteiger partial charge on any atom is 0.309 e. The first-order valence-corrected chi connectivity index (χ1v) is 5.49. The zero-order chi connectivity index (χ0) is 13.2. The lowest BCUT2D eigenvalue weighted by Gasteiger charge is -2.16. The molecule has 18 heavy (non-hydrogen) atoms. The van der Waals surface area contributed by atoms with E-state index in [0.717, 1.165) is 12.1 Å². The number of carboxylic acid groups (broad SMARTS) is 1. The molecule has 0 fully saturated rings. The van der Waals surface area contributed by atoms with Crippen LogP contribution in [-0.4, -0.2) is 24.3 Å². The molecule has 6 heteroatoms. The zero-order valence-electron chi connectivity index (χ0n) is 9.49. The summed E-state index contributed by atoms with van der Waals surface area (Å²) in [6.07, 6.45) is -0.567. The molecular weight excluding hydrogens is 246 g/mol. The summed E-state index contributed by atoms with van der Waals surface area (Å²) < 4.78 is 37.8. The highest BCUT2D eigenvalue weighted by Crippen LogP contribution is 2.38. The van der Waals surface area contributed by atoms with Crippen molar-refractivity contribution in [2.24, 2.45) is 0 Å². The van der Waals surface area contributed by atoms with Crippen molar-refractivity contribution >= 4 is 5.97 Å². The van der Waals surface area contributed by atoms with Gasteiger partial charge in [0.25, 0.3) is 5.92 Å². The summed E-state index contributed by atoms with van der Waals surface area (Å²) in [6.45, 7) is 0.860. The first-order valence-electron chi connectivity index (χ1n) is 5.49. The fourth-order valence-electron chi connectivity index (χ4n) is 1.68. The molecule has 1 N–H and O–H groups in total. The first kappa shape index (κ1) is 12.6. The molecule has 0 spiro atoms. The third-order valence-electron chi connectivity index (χ3n) is 2.54. The molecule has 0 saturated carbocycles. The van der Waals surface area contributed by atoms with Crippen molar-refractivity contribution in [1.29, 1.82) is 0 Å². The predicted molar refractivity (Wildman–Crippen MR) is 58.2 cm³/mol. The van der Waals surface area contributed by atoms with Crippen molar-refractivity contribution in [2.45, 2.75) is 18.8 Å². The van der Waals surface area contributed by atoms with E-state index in [1.54, 1.807) is 0 Å². The quantitative estimate of drug-likeness (QED) is 0.904. The van der Waals surface area contributed by atoms with Gasteiger partial charge in [0.15, 0.2) is 11.5 Å². The molecule has 1 aliphatic rings. The van der Waals surface area contributed by atoms with Gasteiger partial charge in [-0.15, -0.1) is 0 Å².